The van der Waals surface area contributed by atoms with E-state index in [2.05, 4.69) is 9.97 Å². The normalized spacial score (nSPS) is 29.9. The summed E-state index contributed by atoms with van der Waals surface area (Å²) in [4.78, 5) is 18.5. The first-order chi connectivity index (χ1) is 8.58. The summed E-state index contributed by atoms with van der Waals surface area (Å²) in [5.41, 5.74) is 4.24. The predicted octanol–water partition coefficient (Wildman–Crippen LogP) is -1.68. The van der Waals surface area contributed by atoms with Crippen LogP contribution in [0.25, 0.3) is 0 Å². The van der Waals surface area contributed by atoms with Crippen LogP contribution < -0.4 is 11.4 Å². The molecule has 0 amide bonds. The van der Waals surface area contributed by atoms with E-state index in [-0.39, 0.29) is 17.9 Å². The Bertz CT molecular complexity index is 532. The molecule has 0 aromatic carbocycles. The molecule has 4 N–H and O–H groups in total. The van der Waals surface area contributed by atoms with E-state index in [4.69, 9.17) is 15.6 Å². The summed E-state index contributed by atoms with van der Waals surface area (Å²) in [6, 6.07) is 0. The van der Waals surface area contributed by atoms with E-state index in [0.29, 0.717) is 0 Å². The number of hydrogen-bond acceptors (Lipinski definition) is 7. The topological polar surface area (TPSA) is 123 Å². The molecule has 2 rings (SSSR count). The van der Waals surface area contributed by atoms with Crippen LogP contribution in [0.15, 0.2) is 23.0 Å². The molecule has 18 heavy (non-hydrogen) atoms. The Labute approximate surface area is 100 Å². The molecule has 0 radical (unpaired) electrons. The molecule has 1 aromatic heterocycles. The molecule has 0 spiro atoms. The van der Waals surface area contributed by atoms with Crippen molar-refractivity contribution in [2.24, 2.45) is 0 Å². The summed E-state index contributed by atoms with van der Waals surface area (Å²) in [7, 11) is 0. The average Bonchev–Trinajstić information content (AvgIpc) is 2.65. The van der Waals surface area contributed by atoms with E-state index < -0.39 is 30.7 Å². The minimum absolute atomic E-state index is 0.133. The van der Waals surface area contributed by atoms with Crippen molar-refractivity contribution in [3.05, 3.63) is 28.7 Å². The molecular formula is C9H11FN4O4. The van der Waals surface area contributed by atoms with Crippen LogP contribution in [0.5, 0.6) is 0 Å². The summed E-state index contributed by atoms with van der Waals surface area (Å²) < 4.78 is 18.8. The zero-order valence-electron chi connectivity index (χ0n) is 9.10. The number of halogens is 1. The SMILES string of the molecule is Nc1ncn([C@@H]2O[C@H](CO)[C@@H](O)/C2=C\F)c(=O)n1. The third kappa shape index (κ3) is 1.98. The molecule has 9 heteroatoms. The van der Waals surface area contributed by atoms with Crippen LogP contribution in [-0.2, 0) is 4.74 Å². The number of ether oxygens (including phenoxy) is 1. The largest absolute Gasteiger partial charge is 0.394 e. The molecule has 98 valence electrons. The number of hydrogen-bond donors (Lipinski definition) is 3. The molecule has 2 heterocycles. The van der Waals surface area contributed by atoms with Crippen molar-refractivity contribution >= 4 is 5.95 Å². The Morgan fingerprint density at radius 2 is 2.39 bits per heavy atom. The van der Waals surface area contributed by atoms with Crippen LogP contribution in [0.3, 0.4) is 0 Å². The Morgan fingerprint density at radius 1 is 1.67 bits per heavy atom. The van der Waals surface area contributed by atoms with E-state index in [0.717, 1.165) is 10.9 Å². The van der Waals surface area contributed by atoms with Gasteiger partial charge in [-0.25, -0.2) is 14.2 Å². The van der Waals surface area contributed by atoms with Gasteiger partial charge in [0.05, 0.1) is 12.9 Å². The van der Waals surface area contributed by atoms with E-state index in [1.54, 1.807) is 0 Å². The van der Waals surface area contributed by atoms with Crippen LogP contribution in [0.2, 0.25) is 0 Å². The van der Waals surface area contributed by atoms with Crippen LogP contribution in [-0.4, -0.2) is 43.6 Å². The lowest BCUT2D eigenvalue weighted by Crippen LogP contribution is -2.29. The highest BCUT2D eigenvalue weighted by Crippen LogP contribution is 2.33. The van der Waals surface area contributed by atoms with Gasteiger partial charge >= 0.3 is 5.69 Å². The highest BCUT2D eigenvalue weighted by Gasteiger charge is 2.40. The fourth-order valence-electron chi connectivity index (χ4n) is 1.68. The van der Waals surface area contributed by atoms with Crippen molar-refractivity contribution in [3.63, 3.8) is 0 Å². The lowest BCUT2D eigenvalue weighted by molar-refractivity contribution is -0.0450. The molecule has 0 saturated carbocycles. The summed E-state index contributed by atoms with van der Waals surface area (Å²) in [5, 5.41) is 18.6. The zero-order chi connectivity index (χ0) is 13.3. The van der Waals surface area contributed by atoms with E-state index >= 15 is 0 Å². The number of nitrogen functional groups attached to an aromatic ring is 1. The van der Waals surface area contributed by atoms with Gasteiger partial charge in [0.2, 0.25) is 5.95 Å². The van der Waals surface area contributed by atoms with Crippen molar-refractivity contribution in [2.75, 3.05) is 12.3 Å². The van der Waals surface area contributed by atoms with E-state index in [9.17, 15) is 14.3 Å². The van der Waals surface area contributed by atoms with E-state index in [1.165, 1.54) is 0 Å². The van der Waals surface area contributed by atoms with Gasteiger partial charge in [-0.05, 0) is 0 Å². The molecule has 1 fully saturated rings. The monoisotopic (exact) mass is 258 g/mol. The molecule has 8 nitrogen and oxygen atoms in total. The minimum Gasteiger partial charge on any atom is -0.394 e. The molecule has 3 atom stereocenters. The molecule has 0 unspecified atom stereocenters. The van der Waals surface area contributed by atoms with Gasteiger partial charge in [-0.15, -0.1) is 0 Å². The molecule has 1 aromatic rings. The highest BCUT2D eigenvalue weighted by molar-refractivity contribution is 5.18. The standard InChI is InChI=1S/C9H11FN4O4/c10-1-4-6(16)5(2-15)18-7(4)14-3-12-8(11)13-9(14)17/h1,3,5-7,15-16H,2H2,(H2,11,13,17)/b4-1+/t5-,6+,7-/m1/s1. The molecule has 1 aliphatic rings. The number of aromatic nitrogens is 3. The average molecular weight is 258 g/mol. The number of nitrogens with zero attached hydrogens (tertiary/aromatic N) is 3. The Kier molecular flexibility index (Phi) is 3.36. The number of aliphatic hydroxyl groups excluding tert-OH is 2. The number of aliphatic hydroxyl groups is 2. The maximum Gasteiger partial charge on any atom is 0.354 e. The second-order valence-corrected chi connectivity index (χ2v) is 3.67. The third-order valence-electron chi connectivity index (χ3n) is 2.59. The van der Waals surface area contributed by atoms with Crippen LogP contribution in [0.1, 0.15) is 6.23 Å². The van der Waals surface area contributed by atoms with Gasteiger partial charge in [0.25, 0.3) is 0 Å². The number of anilines is 1. The lowest BCUT2D eigenvalue weighted by Gasteiger charge is -2.13. The van der Waals surface area contributed by atoms with Crippen LogP contribution in [0, 0.1) is 0 Å². The maximum absolute atomic E-state index is 12.7. The van der Waals surface area contributed by atoms with Gasteiger partial charge in [-0.1, -0.05) is 0 Å². The summed E-state index contributed by atoms with van der Waals surface area (Å²) in [6.07, 6.45) is -2.38. The van der Waals surface area contributed by atoms with E-state index in [1.807, 2.05) is 0 Å². The highest BCUT2D eigenvalue weighted by atomic mass is 19.1. The Hall–Kier alpha value is -1.84. The fourth-order valence-corrected chi connectivity index (χ4v) is 1.68. The van der Waals surface area contributed by atoms with Crippen LogP contribution >= 0.6 is 0 Å². The lowest BCUT2D eigenvalue weighted by atomic mass is 10.1. The summed E-state index contributed by atoms with van der Waals surface area (Å²) in [5.74, 6) is -0.223. The minimum atomic E-state index is -1.34. The maximum atomic E-state index is 12.7. The van der Waals surface area contributed by atoms with Crippen molar-refractivity contribution < 1.29 is 19.3 Å². The predicted molar refractivity (Wildman–Crippen MR) is 56.9 cm³/mol. The van der Waals surface area contributed by atoms with Gasteiger partial charge in [0.1, 0.15) is 18.5 Å². The van der Waals surface area contributed by atoms with Gasteiger partial charge < -0.3 is 20.7 Å². The quantitative estimate of drug-likeness (QED) is 0.579. The first-order valence-corrected chi connectivity index (χ1v) is 5.03. The van der Waals surface area contributed by atoms with Gasteiger partial charge in [0.15, 0.2) is 6.23 Å². The second-order valence-electron chi connectivity index (χ2n) is 3.67. The van der Waals surface area contributed by atoms with Crippen molar-refractivity contribution in [1.29, 1.82) is 0 Å². The molecule has 1 saturated heterocycles. The summed E-state index contributed by atoms with van der Waals surface area (Å²) >= 11 is 0. The van der Waals surface area contributed by atoms with Crippen molar-refractivity contribution in [1.82, 2.24) is 14.5 Å². The van der Waals surface area contributed by atoms with Crippen molar-refractivity contribution in [3.8, 4) is 0 Å². The zero-order valence-corrected chi connectivity index (χ0v) is 9.10. The molecule has 0 bridgehead atoms. The van der Waals surface area contributed by atoms with Gasteiger partial charge in [-0.2, -0.15) is 4.98 Å². The third-order valence-corrected chi connectivity index (χ3v) is 2.59. The van der Waals surface area contributed by atoms with Gasteiger partial charge in [-0.3, -0.25) is 4.57 Å². The molecular weight excluding hydrogens is 247 g/mol. The number of rotatable bonds is 2. The Balaban J connectivity index is 2.41. The summed E-state index contributed by atoms with van der Waals surface area (Å²) in [6.45, 7) is -0.514. The van der Waals surface area contributed by atoms with Crippen molar-refractivity contribution in [2.45, 2.75) is 18.4 Å². The Morgan fingerprint density at radius 3 is 2.94 bits per heavy atom. The molecule has 0 aliphatic carbocycles. The molecule has 1 aliphatic heterocycles. The second kappa shape index (κ2) is 4.80. The van der Waals surface area contributed by atoms with Crippen LogP contribution in [0.4, 0.5) is 10.3 Å². The van der Waals surface area contributed by atoms with Gasteiger partial charge in [0, 0.05) is 5.57 Å². The smallest absolute Gasteiger partial charge is 0.354 e. The number of nitrogens with two attached hydrogens (primary N) is 1. The fraction of sp³-hybridized carbons (Fsp3) is 0.444. The first-order valence-electron chi connectivity index (χ1n) is 5.03. The first kappa shape index (κ1) is 12.6.